The van der Waals surface area contributed by atoms with Gasteiger partial charge in [0.05, 0.1) is 16.6 Å². The molecule has 4 nitrogen and oxygen atoms in total. The number of hydrogen-bond donors (Lipinski definition) is 2. The average Bonchev–Trinajstić information content (AvgIpc) is 2.71. The van der Waals surface area contributed by atoms with Gasteiger partial charge in [-0.2, -0.15) is 0 Å². The van der Waals surface area contributed by atoms with Gasteiger partial charge in [0.2, 0.25) is 5.91 Å². The third kappa shape index (κ3) is 4.78. The highest BCUT2D eigenvalue weighted by molar-refractivity contribution is 6.34. The molecule has 3 aromatic carbocycles. The van der Waals surface area contributed by atoms with E-state index < -0.39 is 0 Å². The molecule has 5 heteroatoms. The molecule has 0 aliphatic rings. The maximum Gasteiger partial charge on any atom is 0.255 e. The monoisotopic (exact) mass is 392 g/mol. The molecule has 0 saturated carbocycles. The normalized spacial score (nSPS) is 11.5. The molecule has 142 valence electrons. The summed E-state index contributed by atoms with van der Waals surface area (Å²) in [5.74, 6) is -0.719. The first-order valence-electron chi connectivity index (χ1n) is 9.10. The van der Waals surface area contributed by atoms with Crippen molar-refractivity contribution in [1.29, 1.82) is 0 Å². The molecule has 28 heavy (non-hydrogen) atoms. The van der Waals surface area contributed by atoms with Crippen molar-refractivity contribution in [3.63, 3.8) is 0 Å². The second kappa shape index (κ2) is 9.20. The summed E-state index contributed by atoms with van der Waals surface area (Å²) in [7, 11) is 0. The summed E-state index contributed by atoms with van der Waals surface area (Å²) in [6.45, 7) is 1.96. The van der Waals surface area contributed by atoms with Gasteiger partial charge in [-0.1, -0.05) is 67.1 Å². The molecule has 1 atom stereocenters. The van der Waals surface area contributed by atoms with E-state index in [4.69, 9.17) is 11.6 Å². The number of halogens is 1. The second-order valence-corrected chi connectivity index (χ2v) is 6.78. The fourth-order valence-corrected chi connectivity index (χ4v) is 3.13. The number of anilines is 2. The number of carbonyl (C=O) groups excluding carboxylic acids is 2. The SMILES string of the molecule is CC[C@H](C(=O)Nc1cc(C(=O)Nc2ccccc2)ccc1Cl)c1ccccc1. The van der Waals surface area contributed by atoms with Crippen molar-refractivity contribution in [2.45, 2.75) is 19.3 Å². The maximum atomic E-state index is 12.8. The Hall–Kier alpha value is -3.11. The van der Waals surface area contributed by atoms with E-state index in [1.807, 2.05) is 67.6 Å². The van der Waals surface area contributed by atoms with Gasteiger partial charge >= 0.3 is 0 Å². The van der Waals surface area contributed by atoms with Crippen LogP contribution >= 0.6 is 11.6 Å². The van der Waals surface area contributed by atoms with Crippen LogP contribution < -0.4 is 10.6 Å². The standard InChI is InChI=1S/C23H21ClN2O2/c1-2-19(16-9-5-3-6-10-16)23(28)26-21-15-17(13-14-20(21)24)22(27)25-18-11-7-4-8-12-18/h3-15,19H,2H2,1H3,(H,25,27)(H,26,28)/t19-/m0/s1. The van der Waals surface area contributed by atoms with E-state index in [0.29, 0.717) is 28.4 Å². The van der Waals surface area contributed by atoms with Gasteiger partial charge in [-0.15, -0.1) is 0 Å². The van der Waals surface area contributed by atoms with Crippen molar-refractivity contribution in [1.82, 2.24) is 0 Å². The highest BCUT2D eigenvalue weighted by atomic mass is 35.5. The molecule has 2 amide bonds. The second-order valence-electron chi connectivity index (χ2n) is 6.38. The largest absolute Gasteiger partial charge is 0.324 e. The van der Waals surface area contributed by atoms with Crippen LogP contribution in [-0.2, 0) is 4.79 Å². The van der Waals surface area contributed by atoms with Crippen LogP contribution in [0.25, 0.3) is 0 Å². The number of benzene rings is 3. The Morgan fingerprint density at radius 2 is 1.54 bits per heavy atom. The zero-order valence-electron chi connectivity index (χ0n) is 15.5. The first-order valence-corrected chi connectivity index (χ1v) is 9.48. The van der Waals surface area contributed by atoms with E-state index in [0.717, 1.165) is 5.56 Å². The van der Waals surface area contributed by atoms with Crippen molar-refractivity contribution in [2.75, 3.05) is 10.6 Å². The molecule has 2 N–H and O–H groups in total. The van der Waals surface area contributed by atoms with Crippen LogP contribution in [0.5, 0.6) is 0 Å². The number of carbonyl (C=O) groups is 2. The molecule has 0 aliphatic heterocycles. The third-order valence-electron chi connectivity index (χ3n) is 4.44. The van der Waals surface area contributed by atoms with Gasteiger partial charge in [-0.05, 0) is 42.3 Å². The minimum absolute atomic E-state index is 0.156. The van der Waals surface area contributed by atoms with E-state index in [1.54, 1.807) is 18.2 Å². The van der Waals surface area contributed by atoms with Crippen molar-refractivity contribution in [2.24, 2.45) is 0 Å². The summed E-state index contributed by atoms with van der Waals surface area (Å²) in [6.07, 6.45) is 0.654. The predicted octanol–water partition coefficient (Wildman–Crippen LogP) is 5.72. The Morgan fingerprint density at radius 1 is 0.893 bits per heavy atom. The molecule has 0 saturated heterocycles. The molecule has 0 radical (unpaired) electrons. The Kier molecular flexibility index (Phi) is 6.45. The van der Waals surface area contributed by atoms with Gasteiger partial charge in [-0.3, -0.25) is 9.59 Å². The smallest absolute Gasteiger partial charge is 0.255 e. The van der Waals surface area contributed by atoms with E-state index >= 15 is 0 Å². The molecular weight excluding hydrogens is 372 g/mol. The Labute approximate surface area is 169 Å². The van der Waals surface area contributed by atoms with Crippen LogP contribution in [0.2, 0.25) is 5.02 Å². The van der Waals surface area contributed by atoms with E-state index in [-0.39, 0.29) is 17.7 Å². The third-order valence-corrected chi connectivity index (χ3v) is 4.77. The van der Waals surface area contributed by atoms with Gasteiger partial charge in [0.1, 0.15) is 0 Å². The number of para-hydroxylation sites is 1. The number of rotatable bonds is 6. The molecular formula is C23H21ClN2O2. The molecule has 3 aromatic rings. The average molecular weight is 393 g/mol. The van der Waals surface area contributed by atoms with E-state index in [2.05, 4.69) is 10.6 Å². The summed E-state index contributed by atoms with van der Waals surface area (Å²) in [5, 5.41) is 6.07. The molecule has 0 spiro atoms. The highest BCUT2D eigenvalue weighted by Crippen LogP contribution is 2.27. The van der Waals surface area contributed by atoms with Crippen LogP contribution in [0.15, 0.2) is 78.9 Å². The lowest BCUT2D eigenvalue weighted by atomic mass is 9.95. The van der Waals surface area contributed by atoms with Crippen molar-refractivity contribution in [3.8, 4) is 0 Å². The fourth-order valence-electron chi connectivity index (χ4n) is 2.96. The Bertz CT molecular complexity index is 959. The fraction of sp³-hybridized carbons (Fsp3) is 0.130. The lowest BCUT2D eigenvalue weighted by Crippen LogP contribution is -2.21. The summed E-state index contributed by atoms with van der Waals surface area (Å²) in [4.78, 5) is 25.3. The summed E-state index contributed by atoms with van der Waals surface area (Å²) in [6, 6.07) is 23.6. The van der Waals surface area contributed by atoms with Crippen LogP contribution in [0.1, 0.15) is 35.2 Å². The van der Waals surface area contributed by atoms with E-state index in [1.165, 1.54) is 0 Å². The molecule has 0 aliphatic carbocycles. The number of hydrogen-bond acceptors (Lipinski definition) is 2. The van der Waals surface area contributed by atoms with Gasteiger partial charge < -0.3 is 10.6 Å². The molecule has 0 aromatic heterocycles. The highest BCUT2D eigenvalue weighted by Gasteiger charge is 2.20. The minimum Gasteiger partial charge on any atom is -0.324 e. The summed E-state index contributed by atoms with van der Waals surface area (Å²) in [5.41, 5.74) is 2.47. The Morgan fingerprint density at radius 3 is 2.18 bits per heavy atom. The molecule has 0 unspecified atom stereocenters. The topological polar surface area (TPSA) is 58.2 Å². The Balaban J connectivity index is 1.77. The van der Waals surface area contributed by atoms with Gasteiger partial charge in [-0.25, -0.2) is 0 Å². The first kappa shape index (κ1) is 19.6. The maximum absolute atomic E-state index is 12.8. The quantitative estimate of drug-likeness (QED) is 0.563. The van der Waals surface area contributed by atoms with Gasteiger partial charge in [0.15, 0.2) is 0 Å². The minimum atomic E-state index is -0.293. The lowest BCUT2D eigenvalue weighted by molar-refractivity contribution is -0.117. The molecule has 0 heterocycles. The molecule has 0 bridgehead atoms. The predicted molar refractivity (Wildman–Crippen MR) is 114 cm³/mol. The van der Waals surface area contributed by atoms with Gasteiger partial charge in [0, 0.05) is 11.3 Å². The van der Waals surface area contributed by atoms with Crippen LogP contribution in [0, 0.1) is 0 Å². The number of nitrogens with one attached hydrogen (secondary N) is 2. The zero-order chi connectivity index (χ0) is 19.9. The van der Waals surface area contributed by atoms with Crippen molar-refractivity contribution >= 4 is 34.8 Å². The zero-order valence-corrected chi connectivity index (χ0v) is 16.2. The van der Waals surface area contributed by atoms with Crippen molar-refractivity contribution < 1.29 is 9.59 Å². The lowest BCUT2D eigenvalue weighted by Gasteiger charge is -2.16. The van der Waals surface area contributed by atoms with Crippen LogP contribution in [0.4, 0.5) is 11.4 Å². The summed E-state index contributed by atoms with van der Waals surface area (Å²) < 4.78 is 0. The molecule has 3 rings (SSSR count). The van der Waals surface area contributed by atoms with Crippen molar-refractivity contribution in [3.05, 3.63) is 95.0 Å². The molecule has 0 fully saturated rings. The van der Waals surface area contributed by atoms with Gasteiger partial charge in [0.25, 0.3) is 5.91 Å². The summed E-state index contributed by atoms with van der Waals surface area (Å²) >= 11 is 6.25. The first-order chi connectivity index (χ1) is 13.6. The van der Waals surface area contributed by atoms with Crippen LogP contribution in [0.3, 0.4) is 0 Å². The number of amides is 2. The van der Waals surface area contributed by atoms with E-state index in [9.17, 15) is 9.59 Å². The van der Waals surface area contributed by atoms with Crippen LogP contribution in [-0.4, -0.2) is 11.8 Å².